The summed E-state index contributed by atoms with van der Waals surface area (Å²) in [6, 6.07) is 35.9. The van der Waals surface area contributed by atoms with E-state index in [1.54, 1.807) is 0 Å². The SMILES string of the molecule is Cc1ccc2c(c1)c1c(n2C)C(c2ccccc2)=C(I)C12c1ccccc1-c1ccccc12. The Kier molecular flexibility index (Phi) is 3.94. The molecule has 2 aliphatic rings. The lowest BCUT2D eigenvalue weighted by atomic mass is 9.74. The van der Waals surface area contributed by atoms with E-state index >= 15 is 0 Å². The largest absolute Gasteiger partial charge is 0.343 e. The quantitative estimate of drug-likeness (QED) is 0.192. The molecule has 1 spiro atoms. The third-order valence-corrected chi connectivity index (χ3v) is 8.88. The Morgan fingerprint density at radius 3 is 2.00 bits per heavy atom. The van der Waals surface area contributed by atoms with Gasteiger partial charge in [0.05, 0.1) is 11.1 Å². The molecule has 1 aromatic heterocycles. The molecule has 7 rings (SSSR count). The van der Waals surface area contributed by atoms with Crippen LogP contribution in [0.5, 0.6) is 0 Å². The van der Waals surface area contributed by atoms with Crippen molar-refractivity contribution in [1.29, 1.82) is 0 Å². The maximum atomic E-state index is 2.66. The fraction of sp³-hybridized carbons (Fsp3) is 0.0968. The van der Waals surface area contributed by atoms with Gasteiger partial charge in [-0.2, -0.15) is 0 Å². The van der Waals surface area contributed by atoms with Crippen molar-refractivity contribution in [2.45, 2.75) is 12.3 Å². The number of halogens is 1. The zero-order chi connectivity index (χ0) is 22.3. The van der Waals surface area contributed by atoms with E-state index in [4.69, 9.17) is 0 Å². The zero-order valence-corrected chi connectivity index (χ0v) is 20.7. The first-order valence-corrected chi connectivity index (χ1v) is 12.5. The van der Waals surface area contributed by atoms with Crippen LogP contribution < -0.4 is 0 Å². The van der Waals surface area contributed by atoms with Crippen LogP contribution in [0.3, 0.4) is 0 Å². The lowest BCUT2D eigenvalue weighted by Crippen LogP contribution is -2.25. The average molecular weight is 535 g/mol. The summed E-state index contributed by atoms with van der Waals surface area (Å²) in [4.78, 5) is 0. The summed E-state index contributed by atoms with van der Waals surface area (Å²) in [5, 5.41) is 1.36. The van der Waals surface area contributed by atoms with Crippen LogP contribution in [0.2, 0.25) is 0 Å². The minimum atomic E-state index is -0.290. The Hall–Kier alpha value is -3.11. The van der Waals surface area contributed by atoms with Gasteiger partial charge in [0.15, 0.2) is 0 Å². The van der Waals surface area contributed by atoms with Crippen LogP contribution in [0.15, 0.2) is 101 Å². The maximum absolute atomic E-state index is 2.66. The molecule has 158 valence electrons. The summed E-state index contributed by atoms with van der Waals surface area (Å²) in [7, 11) is 2.23. The number of rotatable bonds is 1. The summed E-state index contributed by atoms with van der Waals surface area (Å²) in [6.07, 6.45) is 0. The van der Waals surface area contributed by atoms with Crippen LogP contribution in [0.4, 0.5) is 0 Å². The molecule has 2 aliphatic carbocycles. The van der Waals surface area contributed by atoms with E-state index in [1.165, 1.54) is 64.7 Å². The molecule has 0 atom stereocenters. The fourth-order valence-electron chi connectivity index (χ4n) is 6.24. The molecule has 0 amide bonds. The second kappa shape index (κ2) is 6.71. The van der Waals surface area contributed by atoms with Gasteiger partial charge in [-0.1, -0.05) is 90.5 Å². The van der Waals surface area contributed by atoms with Crippen molar-refractivity contribution in [3.8, 4) is 11.1 Å². The predicted octanol–water partition coefficient (Wildman–Crippen LogP) is 8.01. The molecule has 0 fully saturated rings. The molecule has 0 saturated carbocycles. The summed E-state index contributed by atoms with van der Waals surface area (Å²) in [6.45, 7) is 2.20. The third-order valence-electron chi connectivity index (χ3n) is 7.53. The van der Waals surface area contributed by atoms with Crippen molar-refractivity contribution in [2.24, 2.45) is 7.05 Å². The zero-order valence-electron chi connectivity index (χ0n) is 18.6. The van der Waals surface area contributed by atoms with E-state index in [0.29, 0.717) is 0 Å². The molecular weight excluding hydrogens is 513 g/mol. The number of benzene rings is 4. The average Bonchev–Trinajstić information content (AvgIpc) is 3.41. The van der Waals surface area contributed by atoms with Crippen LogP contribution in [-0.2, 0) is 12.5 Å². The summed E-state index contributed by atoms with van der Waals surface area (Å²) >= 11 is 2.66. The van der Waals surface area contributed by atoms with Gasteiger partial charge in [-0.15, -0.1) is 0 Å². The highest BCUT2D eigenvalue weighted by Crippen LogP contribution is 2.65. The molecule has 33 heavy (non-hydrogen) atoms. The van der Waals surface area contributed by atoms with Crippen LogP contribution in [0.1, 0.15) is 33.5 Å². The van der Waals surface area contributed by atoms with Crippen LogP contribution in [-0.4, -0.2) is 4.57 Å². The minimum absolute atomic E-state index is 0.290. The minimum Gasteiger partial charge on any atom is -0.343 e. The van der Waals surface area contributed by atoms with Gasteiger partial charge in [-0.25, -0.2) is 0 Å². The van der Waals surface area contributed by atoms with Crippen LogP contribution >= 0.6 is 22.6 Å². The van der Waals surface area contributed by atoms with Crippen molar-refractivity contribution in [1.82, 2.24) is 4.57 Å². The molecule has 1 nitrogen and oxygen atoms in total. The molecular formula is C31H22IN. The highest BCUT2D eigenvalue weighted by Gasteiger charge is 2.54. The lowest BCUT2D eigenvalue weighted by Gasteiger charge is -2.30. The van der Waals surface area contributed by atoms with Gasteiger partial charge < -0.3 is 4.57 Å². The van der Waals surface area contributed by atoms with Gasteiger partial charge in [0.25, 0.3) is 0 Å². The fourth-order valence-corrected chi connectivity index (χ4v) is 7.66. The molecule has 0 N–H and O–H groups in total. The van der Waals surface area contributed by atoms with Gasteiger partial charge in [-0.3, -0.25) is 0 Å². The Bertz CT molecular complexity index is 1590. The number of nitrogens with zero attached hydrogens (tertiary/aromatic N) is 1. The number of allylic oxidation sites excluding steroid dienone is 1. The van der Waals surface area contributed by atoms with Crippen molar-refractivity contribution >= 4 is 39.1 Å². The summed E-state index contributed by atoms with van der Waals surface area (Å²) < 4.78 is 3.82. The van der Waals surface area contributed by atoms with E-state index in [9.17, 15) is 0 Å². The molecule has 5 aromatic rings. The smallest absolute Gasteiger partial charge is 0.0804 e. The van der Waals surface area contributed by atoms with Gasteiger partial charge in [0.1, 0.15) is 0 Å². The first-order chi connectivity index (χ1) is 16.1. The van der Waals surface area contributed by atoms with Gasteiger partial charge in [0, 0.05) is 32.7 Å². The van der Waals surface area contributed by atoms with Crippen LogP contribution in [0.25, 0.3) is 27.6 Å². The highest BCUT2D eigenvalue weighted by atomic mass is 127. The van der Waals surface area contributed by atoms with Crippen molar-refractivity contribution in [3.05, 3.63) is 134 Å². The Labute approximate surface area is 207 Å². The first-order valence-electron chi connectivity index (χ1n) is 11.4. The van der Waals surface area contributed by atoms with Crippen molar-refractivity contribution < 1.29 is 0 Å². The number of aromatic nitrogens is 1. The molecule has 0 saturated heterocycles. The summed E-state index contributed by atoms with van der Waals surface area (Å²) in [5.41, 5.74) is 13.2. The van der Waals surface area contributed by atoms with Gasteiger partial charge >= 0.3 is 0 Å². The third kappa shape index (κ3) is 2.27. The van der Waals surface area contributed by atoms with E-state index in [0.717, 1.165) is 0 Å². The second-order valence-electron chi connectivity index (χ2n) is 9.20. The van der Waals surface area contributed by atoms with E-state index in [-0.39, 0.29) is 5.41 Å². The Morgan fingerprint density at radius 2 is 1.33 bits per heavy atom. The second-order valence-corrected chi connectivity index (χ2v) is 10.3. The standard InChI is InChI=1S/C31H22IN/c1-19-16-17-26-23(18-19)28-29(33(26)2)27(20-10-4-3-5-11-20)30(32)31(28)24-14-8-6-12-21(24)22-13-7-9-15-25(22)31/h3-18H,1-2H3. The Balaban J connectivity index is 1.75. The van der Waals surface area contributed by atoms with Crippen LogP contribution in [0, 0.1) is 6.92 Å². The summed E-state index contributed by atoms with van der Waals surface area (Å²) in [5.74, 6) is 0. The molecule has 4 aromatic carbocycles. The van der Waals surface area contributed by atoms with E-state index in [1.807, 2.05) is 0 Å². The Morgan fingerprint density at radius 1 is 0.727 bits per heavy atom. The first kappa shape index (κ1) is 19.4. The van der Waals surface area contributed by atoms with Crippen molar-refractivity contribution in [2.75, 3.05) is 0 Å². The maximum Gasteiger partial charge on any atom is 0.0804 e. The molecule has 1 heterocycles. The number of hydrogen-bond donors (Lipinski definition) is 0. The highest BCUT2D eigenvalue weighted by molar-refractivity contribution is 14.1. The molecule has 0 unspecified atom stereocenters. The van der Waals surface area contributed by atoms with Gasteiger partial charge in [0.2, 0.25) is 0 Å². The van der Waals surface area contributed by atoms with Gasteiger partial charge in [-0.05, 0) is 69.5 Å². The van der Waals surface area contributed by atoms with Crippen molar-refractivity contribution in [3.63, 3.8) is 0 Å². The molecule has 0 radical (unpaired) electrons. The molecule has 2 heteroatoms. The van der Waals surface area contributed by atoms with E-state index < -0.39 is 0 Å². The lowest BCUT2D eigenvalue weighted by molar-refractivity contribution is 0.816. The normalized spacial score (nSPS) is 15.2. The van der Waals surface area contributed by atoms with E-state index in [2.05, 4.69) is 138 Å². The monoisotopic (exact) mass is 535 g/mol. The topological polar surface area (TPSA) is 4.93 Å². The molecule has 0 bridgehead atoms. The predicted molar refractivity (Wildman–Crippen MR) is 146 cm³/mol. The number of aryl methyl sites for hydroxylation is 2. The number of hydrogen-bond acceptors (Lipinski definition) is 0. The molecule has 0 aliphatic heterocycles. The number of fused-ring (bicyclic) bond motifs is 9.